The summed E-state index contributed by atoms with van der Waals surface area (Å²) in [6.45, 7) is 6.76. The van der Waals surface area contributed by atoms with Crippen molar-refractivity contribution in [2.45, 2.75) is 26.3 Å². The second kappa shape index (κ2) is 6.86. The molecule has 0 atom stereocenters. The largest absolute Gasteiger partial charge is 0.493 e. The third-order valence-electron chi connectivity index (χ3n) is 3.67. The molecule has 1 aromatic carbocycles. The van der Waals surface area contributed by atoms with Gasteiger partial charge in [-0.2, -0.15) is 0 Å². The molecule has 1 heterocycles. The Labute approximate surface area is 120 Å². The minimum absolute atomic E-state index is 0.157. The molecular weight excluding hydrogens is 254 g/mol. The number of Topliss-reactive ketones (excluding diaryl/α,β-unsaturated/α-hetero) is 1. The Morgan fingerprint density at radius 1 is 1.45 bits per heavy atom. The Bertz CT molecular complexity index is 471. The number of carbonyl (C=O) groups is 1. The zero-order valence-corrected chi connectivity index (χ0v) is 12.5. The number of hydrogen-bond donors (Lipinski definition) is 0. The highest BCUT2D eigenvalue weighted by Gasteiger charge is 2.18. The van der Waals surface area contributed by atoms with Crippen LogP contribution in [-0.4, -0.2) is 50.1 Å². The van der Waals surface area contributed by atoms with Crippen LogP contribution in [0.25, 0.3) is 0 Å². The van der Waals surface area contributed by atoms with E-state index in [4.69, 9.17) is 9.47 Å². The van der Waals surface area contributed by atoms with E-state index in [-0.39, 0.29) is 5.78 Å². The number of fused-ring (bicyclic) bond motifs is 1. The Morgan fingerprint density at radius 2 is 2.25 bits per heavy atom. The van der Waals surface area contributed by atoms with Crippen molar-refractivity contribution < 1.29 is 14.3 Å². The van der Waals surface area contributed by atoms with Gasteiger partial charge in [0, 0.05) is 31.7 Å². The summed E-state index contributed by atoms with van der Waals surface area (Å²) in [7, 11) is 1.68. The fraction of sp³-hybridized carbons (Fsp3) is 0.562. The van der Waals surface area contributed by atoms with Crippen molar-refractivity contribution in [3.63, 3.8) is 0 Å². The fourth-order valence-corrected chi connectivity index (χ4v) is 2.36. The van der Waals surface area contributed by atoms with Gasteiger partial charge in [-0.05, 0) is 37.6 Å². The monoisotopic (exact) mass is 277 g/mol. The number of nitrogens with zero attached hydrogens (tertiary/aromatic N) is 1. The van der Waals surface area contributed by atoms with Crippen LogP contribution in [0.4, 0.5) is 0 Å². The highest BCUT2D eigenvalue weighted by atomic mass is 16.5. The second-order valence-electron chi connectivity index (χ2n) is 5.40. The van der Waals surface area contributed by atoms with Crippen LogP contribution in [0.5, 0.6) is 5.75 Å². The molecule has 0 N–H and O–H groups in total. The van der Waals surface area contributed by atoms with Crippen molar-refractivity contribution in [2.75, 3.05) is 33.4 Å². The highest BCUT2D eigenvalue weighted by Crippen LogP contribution is 2.26. The van der Waals surface area contributed by atoms with Crippen LogP contribution in [-0.2, 0) is 11.2 Å². The van der Waals surface area contributed by atoms with Crippen molar-refractivity contribution in [3.05, 3.63) is 29.3 Å². The van der Waals surface area contributed by atoms with E-state index in [0.29, 0.717) is 19.2 Å². The van der Waals surface area contributed by atoms with Crippen LogP contribution in [0, 0.1) is 0 Å². The van der Waals surface area contributed by atoms with Crippen LogP contribution >= 0.6 is 0 Å². The Morgan fingerprint density at radius 3 is 2.95 bits per heavy atom. The first-order chi connectivity index (χ1) is 9.61. The molecule has 0 fully saturated rings. The first kappa shape index (κ1) is 15.0. The molecule has 4 heteroatoms. The summed E-state index contributed by atoms with van der Waals surface area (Å²) < 4.78 is 10.6. The van der Waals surface area contributed by atoms with Crippen LogP contribution in [0.3, 0.4) is 0 Å². The summed E-state index contributed by atoms with van der Waals surface area (Å²) in [6.07, 6.45) is 0.897. The highest BCUT2D eigenvalue weighted by molar-refractivity contribution is 5.98. The van der Waals surface area contributed by atoms with E-state index < -0.39 is 0 Å². The molecule has 110 valence electrons. The van der Waals surface area contributed by atoms with E-state index in [1.165, 1.54) is 0 Å². The van der Waals surface area contributed by atoms with Gasteiger partial charge in [0.05, 0.1) is 19.8 Å². The molecule has 1 aliphatic rings. The molecule has 0 unspecified atom stereocenters. The number of hydrogen-bond acceptors (Lipinski definition) is 4. The molecule has 0 saturated heterocycles. The Balaban J connectivity index is 2.02. The molecule has 4 nitrogen and oxygen atoms in total. The summed E-state index contributed by atoms with van der Waals surface area (Å²) in [4.78, 5) is 14.5. The molecule has 0 bridgehead atoms. The molecule has 1 aliphatic heterocycles. The summed E-state index contributed by atoms with van der Waals surface area (Å²) >= 11 is 0. The maximum Gasteiger partial charge on any atom is 0.176 e. The molecule has 0 radical (unpaired) electrons. The lowest BCUT2D eigenvalue weighted by molar-refractivity contribution is 0.0852. The maximum atomic E-state index is 12.4. The minimum Gasteiger partial charge on any atom is -0.493 e. The van der Waals surface area contributed by atoms with Crippen LogP contribution in [0.2, 0.25) is 0 Å². The topological polar surface area (TPSA) is 38.8 Å². The average Bonchev–Trinajstić information content (AvgIpc) is 2.90. The van der Waals surface area contributed by atoms with Gasteiger partial charge in [0.25, 0.3) is 0 Å². The zero-order valence-electron chi connectivity index (χ0n) is 12.5. The van der Waals surface area contributed by atoms with E-state index in [1.807, 2.05) is 18.2 Å². The van der Waals surface area contributed by atoms with Crippen LogP contribution in [0.1, 0.15) is 29.8 Å². The van der Waals surface area contributed by atoms with Gasteiger partial charge >= 0.3 is 0 Å². The molecule has 20 heavy (non-hydrogen) atoms. The summed E-state index contributed by atoms with van der Waals surface area (Å²) in [5, 5.41) is 0. The number of carbonyl (C=O) groups excluding carboxylic acids is 1. The van der Waals surface area contributed by atoms with E-state index in [2.05, 4.69) is 18.7 Å². The van der Waals surface area contributed by atoms with Crippen molar-refractivity contribution in [1.29, 1.82) is 0 Å². The molecule has 0 amide bonds. The normalized spacial score (nSPS) is 13.7. The van der Waals surface area contributed by atoms with Gasteiger partial charge in [-0.1, -0.05) is 0 Å². The van der Waals surface area contributed by atoms with E-state index in [0.717, 1.165) is 36.4 Å². The van der Waals surface area contributed by atoms with E-state index in [9.17, 15) is 4.79 Å². The van der Waals surface area contributed by atoms with Gasteiger partial charge in [-0.15, -0.1) is 0 Å². The number of ketones is 1. The van der Waals surface area contributed by atoms with Crippen molar-refractivity contribution >= 4 is 5.78 Å². The number of benzene rings is 1. The lowest BCUT2D eigenvalue weighted by Crippen LogP contribution is -2.38. The van der Waals surface area contributed by atoms with Gasteiger partial charge in [-0.25, -0.2) is 0 Å². The Kier molecular flexibility index (Phi) is 5.15. The third-order valence-corrected chi connectivity index (χ3v) is 3.67. The standard InChI is InChI=1S/C16H23NO3/c1-12(2)17(7-9-19-3)11-15(18)13-4-5-16-14(10-13)6-8-20-16/h4-5,10,12H,6-9,11H2,1-3H3. The van der Waals surface area contributed by atoms with Gasteiger partial charge in [-0.3, -0.25) is 9.69 Å². The van der Waals surface area contributed by atoms with Crippen LogP contribution in [0.15, 0.2) is 18.2 Å². The number of methoxy groups -OCH3 is 1. The average molecular weight is 277 g/mol. The summed E-state index contributed by atoms with van der Waals surface area (Å²) in [5.74, 6) is 1.08. The Hall–Kier alpha value is -1.39. The number of ether oxygens (including phenoxy) is 2. The predicted octanol–water partition coefficient (Wildman–Crippen LogP) is 2.16. The quantitative estimate of drug-likeness (QED) is 0.716. The third kappa shape index (κ3) is 3.58. The predicted molar refractivity (Wildman–Crippen MR) is 78.6 cm³/mol. The molecule has 1 aromatic rings. The molecule has 2 rings (SSSR count). The van der Waals surface area contributed by atoms with Gasteiger partial charge in [0.2, 0.25) is 0 Å². The van der Waals surface area contributed by atoms with Crippen molar-refractivity contribution in [3.8, 4) is 5.75 Å². The molecule has 0 aliphatic carbocycles. The second-order valence-corrected chi connectivity index (χ2v) is 5.40. The number of rotatable bonds is 7. The lowest BCUT2D eigenvalue weighted by atomic mass is 10.0. The summed E-state index contributed by atoms with van der Waals surface area (Å²) in [6, 6.07) is 6.07. The first-order valence-corrected chi connectivity index (χ1v) is 7.13. The van der Waals surface area contributed by atoms with Gasteiger partial charge < -0.3 is 9.47 Å². The smallest absolute Gasteiger partial charge is 0.176 e. The van der Waals surface area contributed by atoms with Crippen molar-refractivity contribution in [1.82, 2.24) is 4.90 Å². The fourth-order valence-electron chi connectivity index (χ4n) is 2.36. The van der Waals surface area contributed by atoms with Gasteiger partial charge in [0.15, 0.2) is 5.78 Å². The minimum atomic E-state index is 0.157. The molecule has 0 saturated carbocycles. The van der Waals surface area contributed by atoms with Gasteiger partial charge in [0.1, 0.15) is 5.75 Å². The summed E-state index contributed by atoms with van der Waals surface area (Å²) in [5.41, 5.74) is 1.92. The van der Waals surface area contributed by atoms with E-state index in [1.54, 1.807) is 7.11 Å². The first-order valence-electron chi connectivity index (χ1n) is 7.13. The van der Waals surface area contributed by atoms with E-state index >= 15 is 0 Å². The van der Waals surface area contributed by atoms with Crippen molar-refractivity contribution in [2.24, 2.45) is 0 Å². The lowest BCUT2D eigenvalue weighted by Gasteiger charge is -2.25. The molecule has 0 spiro atoms. The molecule has 0 aromatic heterocycles. The van der Waals surface area contributed by atoms with Crippen LogP contribution < -0.4 is 4.74 Å². The maximum absolute atomic E-state index is 12.4. The zero-order chi connectivity index (χ0) is 14.5. The SMILES string of the molecule is COCCN(CC(=O)c1ccc2c(c1)CCO2)C(C)C. The molecular formula is C16H23NO3.